The molecule has 0 atom stereocenters. The Hall–Kier alpha value is -2.75. The number of amides is 1. The van der Waals surface area contributed by atoms with E-state index in [-0.39, 0.29) is 5.91 Å². The lowest BCUT2D eigenvalue weighted by Crippen LogP contribution is -2.23. The predicted molar refractivity (Wildman–Crippen MR) is 101 cm³/mol. The largest absolute Gasteiger partial charge is 0.348 e. The van der Waals surface area contributed by atoms with Crippen LogP contribution in [0.4, 0.5) is 0 Å². The fourth-order valence-electron chi connectivity index (χ4n) is 2.92. The van der Waals surface area contributed by atoms with Gasteiger partial charge in [0.15, 0.2) is 0 Å². The number of aryl methyl sites for hydroxylation is 3. The lowest BCUT2D eigenvalue weighted by molar-refractivity contribution is 0.0951. The van der Waals surface area contributed by atoms with Gasteiger partial charge >= 0.3 is 0 Å². The Morgan fingerprint density at radius 3 is 2.32 bits per heavy atom. The van der Waals surface area contributed by atoms with Gasteiger partial charge in [-0.25, -0.2) is 9.97 Å². The van der Waals surface area contributed by atoms with E-state index in [1.165, 1.54) is 5.56 Å². The van der Waals surface area contributed by atoms with Crippen LogP contribution >= 0.6 is 0 Å². The molecule has 1 amide bonds. The Labute approximate surface area is 148 Å². The van der Waals surface area contributed by atoms with Crippen molar-refractivity contribution in [3.8, 4) is 0 Å². The Balaban J connectivity index is 1.83. The maximum atomic E-state index is 12.5. The van der Waals surface area contributed by atoms with E-state index >= 15 is 0 Å². The smallest absolute Gasteiger partial charge is 0.251 e. The van der Waals surface area contributed by atoms with Gasteiger partial charge in [-0.2, -0.15) is 0 Å². The average molecular weight is 333 g/mol. The van der Waals surface area contributed by atoms with Gasteiger partial charge in [0.25, 0.3) is 5.91 Å². The summed E-state index contributed by atoms with van der Waals surface area (Å²) in [6.45, 7) is 6.73. The van der Waals surface area contributed by atoms with Crippen LogP contribution in [-0.4, -0.2) is 15.9 Å². The van der Waals surface area contributed by atoms with Crippen LogP contribution in [0.25, 0.3) is 11.0 Å². The number of nitrogens with zero attached hydrogens (tertiary/aromatic N) is 2. The summed E-state index contributed by atoms with van der Waals surface area (Å²) in [6.07, 6.45) is 1.71. The number of rotatable bonds is 5. The van der Waals surface area contributed by atoms with Crippen molar-refractivity contribution >= 4 is 16.9 Å². The van der Waals surface area contributed by atoms with Gasteiger partial charge in [-0.15, -0.1) is 0 Å². The number of nitrogens with one attached hydrogen (secondary N) is 1. The zero-order valence-electron chi connectivity index (χ0n) is 15.0. The minimum absolute atomic E-state index is 0.0930. The zero-order chi connectivity index (χ0) is 17.8. The Bertz CT molecular complexity index is 918. The van der Waals surface area contributed by atoms with E-state index in [9.17, 15) is 4.79 Å². The van der Waals surface area contributed by atoms with E-state index in [1.54, 1.807) is 0 Å². The number of hydrogen-bond donors (Lipinski definition) is 1. The highest BCUT2D eigenvalue weighted by Crippen LogP contribution is 2.16. The number of hydrogen-bond acceptors (Lipinski definition) is 3. The third-order valence-corrected chi connectivity index (χ3v) is 4.45. The summed E-state index contributed by atoms with van der Waals surface area (Å²) in [6, 6.07) is 13.6. The molecule has 2 aromatic carbocycles. The molecule has 4 heteroatoms. The van der Waals surface area contributed by atoms with Crippen LogP contribution in [0.2, 0.25) is 0 Å². The van der Waals surface area contributed by atoms with Crippen LogP contribution in [0.1, 0.15) is 46.7 Å². The van der Waals surface area contributed by atoms with Gasteiger partial charge in [0.2, 0.25) is 0 Å². The third kappa shape index (κ3) is 3.68. The first kappa shape index (κ1) is 17.1. The van der Waals surface area contributed by atoms with Gasteiger partial charge in [0, 0.05) is 12.1 Å². The minimum Gasteiger partial charge on any atom is -0.348 e. The second kappa shape index (κ2) is 7.43. The van der Waals surface area contributed by atoms with E-state index in [1.807, 2.05) is 49.4 Å². The highest BCUT2D eigenvalue weighted by molar-refractivity contribution is 5.97. The van der Waals surface area contributed by atoms with Crippen LogP contribution in [-0.2, 0) is 19.4 Å². The quantitative estimate of drug-likeness (QED) is 0.768. The molecule has 0 bridgehead atoms. The van der Waals surface area contributed by atoms with Crippen LogP contribution < -0.4 is 5.32 Å². The van der Waals surface area contributed by atoms with Crippen molar-refractivity contribution < 1.29 is 4.79 Å². The van der Waals surface area contributed by atoms with Gasteiger partial charge in [0.05, 0.1) is 22.4 Å². The summed E-state index contributed by atoms with van der Waals surface area (Å²) in [5.74, 6) is -0.0930. The standard InChI is InChI=1S/C21H23N3O/c1-4-17-18(5-2)24-20-12-15(10-11-19(20)23-17)21(25)22-13-16-9-7-6-8-14(16)3/h6-12H,4-5,13H2,1-3H3,(H,22,25). The van der Waals surface area contributed by atoms with Crippen molar-refractivity contribution in [2.75, 3.05) is 0 Å². The molecule has 128 valence electrons. The van der Waals surface area contributed by atoms with E-state index < -0.39 is 0 Å². The van der Waals surface area contributed by atoms with E-state index in [0.29, 0.717) is 12.1 Å². The van der Waals surface area contributed by atoms with E-state index in [4.69, 9.17) is 4.98 Å². The van der Waals surface area contributed by atoms with Crippen LogP contribution in [0, 0.1) is 6.92 Å². The van der Waals surface area contributed by atoms with Crippen LogP contribution in [0.15, 0.2) is 42.5 Å². The molecule has 0 unspecified atom stereocenters. The second-order valence-corrected chi connectivity index (χ2v) is 6.14. The van der Waals surface area contributed by atoms with Crippen molar-refractivity contribution in [2.24, 2.45) is 0 Å². The zero-order valence-corrected chi connectivity index (χ0v) is 15.0. The first-order chi connectivity index (χ1) is 12.1. The fraction of sp³-hybridized carbons (Fsp3) is 0.286. The highest BCUT2D eigenvalue weighted by atomic mass is 16.1. The lowest BCUT2D eigenvalue weighted by atomic mass is 10.1. The summed E-state index contributed by atoms with van der Waals surface area (Å²) in [5.41, 5.74) is 6.56. The van der Waals surface area contributed by atoms with Gasteiger partial charge < -0.3 is 5.32 Å². The lowest BCUT2D eigenvalue weighted by Gasteiger charge is -2.10. The normalized spacial score (nSPS) is 10.8. The fourth-order valence-corrected chi connectivity index (χ4v) is 2.92. The maximum absolute atomic E-state index is 12.5. The van der Waals surface area contributed by atoms with E-state index in [0.717, 1.165) is 40.8 Å². The number of carbonyl (C=O) groups excluding carboxylic acids is 1. The van der Waals surface area contributed by atoms with E-state index in [2.05, 4.69) is 24.1 Å². The van der Waals surface area contributed by atoms with Crippen LogP contribution in [0.5, 0.6) is 0 Å². The molecule has 0 aliphatic heterocycles. The van der Waals surface area contributed by atoms with Crippen molar-refractivity contribution in [1.29, 1.82) is 0 Å². The molecule has 0 aliphatic rings. The minimum atomic E-state index is -0.0930. The van der Waals surface area contributed by atoms with Crippen molar-refractivity contribution in [1.82, 2.24) is 15.3 Å². The Morgan fingerprint density at radius 1 is 0.960 bits per heavy atom. The summed E-state index contributed by atoms with van der Waals surface area (Å²) in [4.78, 5) is 21.9. The summed E-state index contributed by atoms with van der Waals surface area (Å²) < 4.78 is 0. The topological polar surface area (TPSA) is 54.9 Å². The second-order valence-electron chi connectivity index (χ2n) is 6.14. The average Bonchev–Trinajstić information content (AvgIpc) is 2.65. The molecule has 3 rings (SSSR count). The summed E-state index contributed by atoms with van der Waals surface area (Å²) >= 11 is 0. The molecule has 1 heterocycles. The molecular weight excluding hydrogens is 310 g/mol. The molecule has 4 nitrogen and oxygen atoms in total. The molecule has 0 aliphatic carbocycles. The number of benzene rings is 2. The molecule has 0 radical (unpaired) electrons. The van der Waals surface area contributed by atoms with Gasteiger partial charge in [0.1, 0.15) is 0 Å². The molecule has 0 fully saturated rings. The molecule has 25 heavy (non-hydrogen) atoms. The van der Waals surface area contributed by atoms with Gasteiger partial charge in [-0.1, -0.05) is 38.1 Å². The summed E-state index contributed by atoms with van der Waals surface area (Å²) in [5, 5.41) is 2.98. The molecule has 0 saturated carbocycles. The molecule has 1 N–H and O–H groups in total. The molecular formula is C21H23N3O. The Kier molecular flexibility index (Phi) is 5.08. The molecule has 0 saturated heterocycles. The molecule has 3 aromatic rings. The Morgan fingerprint density at radius 2 is 1.64 bits per heavy atom. The van der Waals surface area contributed by atoms with Gasteiger partial charge in [-0.05, 0) is 49.1 Å². The first-order valence-electron chi connectivity index (χ1n) is 8.74. The van der Waals surface area contributed by atoms with Crippen molar-refractivity contribution in [3.63, 3.8) is 0 Å². The first-order valence-corrected chi connectivity index (χ1v) is 8.74. The monoisotopic (exact) mass is 333 g/mol. The number of carbonyl (C=O) groups is 1. The van der Waals surface area contributed by atoms with Crippen molar-refractivity contribution in [2.45, 2.75) is 40.2 Å². The number of aromatic nitrogens is 2. The third-order valence-electron chi connectivity index (χ3n) is 4.45. The van der Waals surface area contributed by atoms with Crippen LogP contribution in [0.3, 0.4) is 0 Å². The van der Waals surface area contributed by atoms with Gasteiger partial charge in [-0.3, -0.25) is 4.79 Å². The highest BCUT2D eigenvalue weighted by Gasteiger charge is 2.10. The maximum Gasteiger partial charge on any atom is 0.251 e. The summed E-state index contributed by atoms with van der Waals surface area (Å²) in [7, 11) is 0. The number of fused-ring (bicyclic) bond motifs is 1. The molecule has 1 aromatic heterocycles. The predicted octanol–water partition coefficient (Wildman–Crippen LogP) is 3.99. The van der Waals surface area contributed by atoms with Crippen molar-refractivity contribution in [3.05, 3.63) is 70.5 Å². The SMILES string of the molecule is CCc1nc2ccc(C(=O)NCc3ccccc3C)cc2nc1CC. The molecule has 0 spiro atoms.